The quantitative estimate of drug-likeness (QED) is 0.171. The molecule has 0 bridgehead atoms. The lowest BCUT2D eigenvalue weighted by molar-refractivity contribution is 0.0926. The van der Waals surface area contributed by atoms with Gasteiger partial charge in [-0.15, -0.1) is 0 Å². The van der Waals surface area contributed by atoms with Gasteiger partial charge in [0.2, 0.25) is 0 Å². The number of para-hydroxylation sites is 2. The Morgan fingerprint density at radius 3 is 1.90 bits per heavy atom. The minimum atomic E-state index is -0.419. The van der Waals surface area contributed by atoms with Crippen LogP contribution >= 0.6 is 0 Å². The number of carbonyl (C=O) groups is 2. The molecule has 0 atom stereocenters. The average molecular weight is 667 g/mol. The zero-order chi connectivity index (χ0) is 35.3. The lowest BCUT2D eigenvalue weighted by atomic mass is 9.96. The maximum Gasteiger partial charge on any atom is 0.268 e. The number of anilines is 1. The summed E-state index contributed by atoms with van der Waals surface area (Å²) < 4.78 is 2.03. The summed E-state index contributed by atoms with van der Waals surface area (Å²) in [6.07, 6.45) is 0. The fraction of sp³-hybridized carbons (Fsp3) is 0. The Bertz CT molecular complexity index is 2860. The van der Waals surface area contributed by atoms with Crippen molar-refractivity contribution in [2.75, 3.05) is 4.90 Å². The van der Waals surface area contributed by atoms with Crippen molar-refractivity contribution in [2.24, 2.45) is 0 Å². The zero-order valence-corrected chi connectivity index (χ0v) is 27.6. The molecule has 0 spiro atoms. The van der Waals surface area contributed by atoms with Crippen LogP contribution in [0, 0.1) is 22.7 Å². The van der Waals surface area contributed by atoms with Crippen LogP contribution in [0.4, 0.5) is 5.69 Å². The van der Waals surface area contributed by atoms with Crippen molar-refractivity contribution in [3.8, 4) is 51.2 Å². The molecule has 0 aliphatic carbocycles. The number of nitriles is 2. The van der Waals surface area contributed by atoms with Gasteiger partial charge in [0.1, 0.15) is 0 Å². The second kappa shape index (κ2) is 12.1. The molecule has 0 N–H and O–H groups in total. The summed E-state index contributed by atoms with van der Waals surface area (Å²) in [5, 5.41) is 21.6. The summed E-state index contributed by atoms with van der Waals surface area (Å²) in [4.78, 5) is 30.8. The Kier molecular flexibility index (Phi) is 7.10. The molecule has 1 aliphatic heterocycles. The van der Waals surface area contributed by atoms with Gasteiger partial charge in [-0.3, -0.25) is 9.59 Å². The molecule has 9 rings (SSSR count). The third-order valence-electron chi connectivity index (χ3n) is 9.82. The highest BCUT2D eigenvalue weighted by molar-refractivity contribution is 6.36. The third-order valence-corrected chi connectivity index (χ3v) is 9.82. The minimum absolute atomic E-state index is 0.300. The number of aromatic nitrogens is 1. The molecular weight excluding hydrogens is 641 g/mol. The second-order valence-corrected chi connectivity index (χ2v) is 12.6. The molecule has 0 saturated heterocycles. The van der Waals surface area contributed by atoms with Crippen LogP contribution in [0.2, 0.25) is 0 Å². The predicted molar refractivity (Wildman–Crippen MR) is 204 cm³/mol. The minimum Gasteiger partial charge on any atom is -0.308 e. The van der Waals surface area contributed by atoms with E-state index in [1.807, 2.05) is 138 Å². The van der Waals surface area contributed by atoms with Crippen molar-refractivity contribution in [2.45, 2.75) is 0 Å². The Hall–Kier alpha value is -7.54. The van der Waals surface area contributed by atoms with Crippen LogP contribution < -0.4 is 4.90 Å². The largest absolute Gasteiger partial charge is 0.308 e. The predicted octanol–water partition coefficient (Wildman–Crippen LogP) is 10.3. The number of hydrogen-bond donors (Lipinski definition) is 0. The van der Waals surface area contributed by atoms with Crippen LogP contribution in [0.15, 0.2) is 158 Å². The van der Waals surface area contributed by atoms with Crippen LogP contribution in [0.25, 0.3) is 60.9 Å². The lowest BCUT2D eigenvalue weighted by Gasteiger charge is -2.20. The van der Waals surface area contributed by atoms with Crippen LogP contribution in [-0.2, 0) is 0 Å². The Morgan fingerprint density at radius 1 is 0.462 bits per heavy atom. The van der Waals surface area contributed by atoms with E-state index in [0.29, 0.717) is 39.2 Å². The molecule has 0 saturated carbocycles. The lowest BCUT2D eigenvalue weighted by Crippen LogP contribution is -2.30. The van der Waals surface area contributed by atoms with Gasteiger partial charge in [-0.1, -0.05) is 121 Å². The molecule has 2 heterocycles. The van der Waals surface area contributed by atoms with Crippen molar-refractivity contribution >= 4 is 39.3 Å². The molecule has 0 unspecified atom stereocenters. The molecule has 52 heavy (non-hydrogen) atoms. The van der Waals surface area contributed by atoms with E-state index in [1.165, 1.54) is 4.90 Å². The van der Waals surface area contributed by atoms with E-state index in [4.69, 9.17) is 0 Å². The first kappa shape index (κ1) is 30.5. The molecule has 7 aromatic carbocycles. The molecule has 6 nitrogen and oxygen atoms in total. The van der Waals surface area contributed by atoms with Crippen LogP contribution in [0.5, 0.6) is 0 Å². The number of carbonyl (C=O) groups excluding carboxylic acids is 2. The van der Waals surface area contributed by atoms with Crippen molar-refractivity contribution < 1.29 is 9.59 Å². The van der Waals surface area contributed by atoms with E-state index >= 15 is 0 Å². The first-order valence-electron chi connectivity index (χ1n) is 16.8. The Labute approximate surface area is 299 Å². The van der Waals surface area contributed by atoms with E-state index in [9.17, 15) is 20.1 Å². The van der Waals surface area contributed by atoms with Gasteiger partial charge >= 0.3 is 0 Å². The second-order valence-electron chi connectivity index (χ2n) is 12.6. The first-order chi connectivity index (χ1) is 25.6. The van der Waals surface area contributed by atoms with E-state index in [-0.39, 0.29) is 0 Å². The molecule has 0 radical (unpaired) electrons. The van der Waals surface area contributed by atoms with Crippen molar-refractivity contribution in [3.05, 3.63) is 180 Å². The molecule has 0 fully saturated rings. The van der Waals surface area contributed by atoms with Crippen molar-refractivity contribution in [3.63, 3.8) is 0 Å². The number of rotatable bonds is 5. The fourth-order valence-corrected chi connectivity index (χ4v) is 7.49. The molecule has 1 aromatic heterocycles. The highest BCUT2D eigenvalue weighted by atomic mass is 16.2. The van der Waals surface area contributed by atoms with Gasteiger partial charge < -0.3 is 4.57 Å². The summed E-state index contributed by atoms with van der Waals surface area (Å²) in [7, 11) is 0. The van der Waals surface area contributed by atoms with E-state index in [2.05, 4.69) is 12.1 Å². The van der Waals surface area contributed by atoms with Crippen LogP contribution in [0.3, 0.4) is 0 Å². The number of benzene rings is 7. The number of amides is 2. The smallest absolute Gasteiger partial charge is 0.268 e. The standard InChI is InChI=1S/C46H26N4O2/c47-27-29-21-23-34(33(25-29)28-48)37-16-9-17-38-36-15-7-8-19-40(36)49(44(37)38)41-20-10-18-39-43(41)46(52)50(45(39)51)42-26-32(30-11-3-1-4-12-30)22-24-35(42)31-13-5-2-6-14-31/h1-26H. The highest BCUT2D eigenvalue weighted by Gasteiger charge is 2.40. The normalized spacial score (nSPS) is 12.2. The van der Waals surface area contributed by atoms with Gasteiger partial charge in [-0.05, 0) is 53.1 Å². The summed E-state index contributed by atoms with van der Waals surface area (Å²) in [6.45, 7) is 0. The summed E-state index contributed by atoms with van der Waals surface area (Å²) in [5.74, 6) is -0.818. The van der Waals surface area contributed by atoms with Gasteiger partial charge in [-0.2, -0.15) is 10.5 Å². The first-order valence-corrected chi connectivity index (χ1v) is 16.8. The SMILES string of the molecule is N#Cc1ccc(-c2cccc3c4ccccc4n(-c4cccc5c4C(=O)N(c4cc(-c6ccccc6)ccc4-c4ccccc4)C5=O)c23)c(C#N)c1. The van der Waals surface area contributed by atoms with Gasteiger partial charge in [0.15, 0.2) is 0 Å². The average Bonchev–Trinajstić information content (AvgIpc) is 3.68. The summed E-state index contributed by atoms with van der Waals surface area (Å²) in [6, 6.07) is 54.3. The van der Waals surface area contributed by atoms with Gasteiger partial charge in [-0.25, -0.2) is 4.90 Å². The highest BCUT2D eigenvalue weighted by Crippen LogP contribution is 2.43. The van der Waals surface area contributed by atoms with E-state index in [1.54, 1.807) is 24.3 Å². The van der Waals surface area contributed by atoms with Gasteiger partial charge in [0.05, 0.1) is 56.8 Å². The van der Waals surface area contributed by atoms with Gasteiger partial charge in [0.25, 0.3) is 11.8 Å². The third kappa shape index (κ3) is 4.64. The van der Waals surface area contributed by atoms with E-state index in [0.717, 1.165) is 49.6 Å². The van der Waals surface area contributed by atoms with Gasteiger partial charge in [0, 0.05) is 27.5 Å². The molecule has 2 amide bonds. The number of fused-ring (bicyclic) bond motifs is 4. The Balaban J connectivity index is 1.29. The topological polar surface area (TPSA) is 89.9 Å². The maximum atomic E-state index is 15.0. The fourth-order valence-electron chi connectivity index (χ4n) is 7.49. The van der Waals surface area contributed by atoms with Crippen LogP contribution in [-0.4, -0.2) is 16.4 Å². The zero-order valence-electron chi connectivity index (χ0n) is 27.6. The molecule has 1 aliphatic rings. The van der Waals surface area contributed by atoms with E-state index < -0.39 is 11.8 Å². The summed E-state index contributed by atoms with van der Waals surface area (Å²) in [5.41, 5.74) is 9.00. The maximum absolute atomic E-state index is 15.0. The van der Waals surface area contributed by atoms with Crippen molar-refractivity contribution in [1.29, 1.82) is 10.5 Å². The van der Waals surface area contributed by atoms with Crippen LogP contribution in [0.1, 0.15) is 31.8 Å². The number of nitrogens with zero attached hydrogens (tertiary/aromatic N) is 4. The monoisotopic (exact) mass is 666 g/mol. The number of imide groups is 1. The molecule has 6 heteroatoms. The summed E-state index contributed by atoms with van der Waals surface area (Å²) >= 11 is 0. The number of hydrogen-bond acceptors (Lipinski definition) is 4. The molecule has 8 aromatic rings. The van der Waals surface area contributed by atoms with Crippen molar-refractivity contribution in [1.82, 2.24) is 4.57 Å². The molecular formula is C46H26N4O2. The molecule has 242 valence electrons. The Morgan fingerprint density at radius 2 is 1.13 bits per heavy atom.